The van der Waals surface area contributed by atoms with Crippen LogP contribution in [0, 0.1) is 19.8 Å². The molecule has 1 fully saturated rings. The molecule has 1 atom stereocenters. The van der Waals surface area contributed by atoms with Gasteiger partial charge in [-0.1, -0.05) is 12.1 Å². The average molecular weight is 444 g/mol. The fourth-order valence-corrected chi connectivity index (χ4v) is 3.93. The third-order valence-corrected chi connectivity index (χ3v) is 5.47. The first-order valence-corrected chi connectivity index (χ1v) is 10.3. The van der Waals surface area contributed by atoms with Crippen LogP contribution >= 0.6 is 0 Å². The number of carbonyl (C=O) groups is 1. The maximum absolute atomic E-state index is 13.2. The number of piperidine rings is 1. The number of alkyl halides is 3. The number of nitrogens with zero attached hydrogens (tertiary/aromatic N) is 5. The minimum Gasteiger partial charge on any atom is -0.354 e. The van der Waals surface area contributed by atoms with Crippen molar-refractivity contribution in [3.63, 3.8) is 0 Å². The first-order valence-electron chi connectivity index (χ1n) is 10.3. The Morgan fingerprint density at radius 1 is 1.09 bits per heavy atom. The quantitative estimate of drug-likeness (QED) is 0.654. The molecule has 32 heavy (non-hydrogen) atoms. The lowest BCUT2D eigenvalue weighted by Crippen LogP contribution is -2.41. The average Bonchev–Trinajstić information content (AvgIpc) is 3.11. The minimum atomic E-state index is -4.54. The van der Waals surface area contributed by atoms with Crippen molar-refractivity contribution in [3.8, 4) is 5.82 Å². The molecule has 2 aromatic heterocycles. The maximum atomic E-state index is 13.2. The van der Waals surface area contributed by atoms with Crippen LogP contribution in [0.5, 0.6) is 0 Å². The van der Waals surface area contributed by atoms with E-state index in [9.17, 15) is 18.0 Å². The number of carbonyl (C=O) groups excluding carboxylic acids is 1. The van der Waals surface area contributed by atoms with E-state index < -0.39 is 23.6 Å². The van der Waals surface area contributed by atoms with Gasteiger partial charge in [0.05, 0.1) is 22.9 Å². The van der Waals surface area contributed by atoms with E-state index in [1.807, 2.05) is 36.9 Å². The van der Waals surface area contributed by atoms with Gasteiger partial charge in [-0.15, -0.1) is 10.2 Å². The third kappa shape index (κ3) is 4.58. The molecular weight excluding hydrogens is 421 g/mol. The van der Waals surface area contributed by atoms with E-state index in [0.29, 0.717) is 31.1 Å². The van der Waals surface area contributed by atoms with Crippen molar-refractivity contribution in [1.82, 2.24) is 20.0 Å². The van der Waals surface area contributed by atoms with Gasteiger partial charge in [-0.3, -0.25) is 4.79 Å². The van der Waals surface area contributed by atoms with Gasteiger partial charge in [0.2, 0.25) is 5.91 Å². The number of aryl methyl sites for hydroxylation is 2. The van der Waals surface area contributed by atoms with E-state index in [1.54, 1.807) is 4.68 Å². The standard InChI is InChI=1S/C22H23F3N6O/c1-14-12-15(2)31(29-14)20-10-9-19(27-28-20)30-11-5-6-16(13-30)21(32)26-18-8-4-3-7-17(18)22(23,24)25/h3-4,7-10,12,16H,5-6,11,13H2,1-2H3,(H,26,32). The second-order valence-corrected chi connectivity index (χ2v) is 7.91. The second kappa shape index (κ2) is 8.60. The molecule has 168 valence electrons. The van der Waals surface area contributed by atoms with Gasteiger partial charge >= 0.3 is 6.18 Å². The van der Waals surface area contributed by atoms with Crippen molar-refractivity contribution < 1.29 is 18.0 Å². The summed E-state index contributed by atoms with van der Waals surface area (Å²) in [7, 11) is 0. The number of aromatic nitrogens is 4. The van der Waals surface area contributed by atoms with Crippen LogP contribution < -0.4 is 10.2 Å². The molecule has 0 radical (unpaired) electrons. The van der Waals surface area contributed by atoms with Crippen molar-refractivity contribution in [2.24, 2.45) is 5.92 Å². The molecule has 4 rings (SSSR count). The van der Waals surface area contributed by atoms with Gasteiger partial charge in [0, 0.05) is 18.8 Å². The summed E-state index contributed by atoms with van der Waals surface area (Å²) in [5, 5.41) is 15.4. The molecule has 1 amide bonds. The highest BCUT2D eigenvalue weighted by molar-refractivity contribution is 5.93. The van der Waals surface area contributed by atoms with Crippen molar-refractivity contribution in [3.05, 3.63) is 59.4 Å². The number of anilines is 2. The van der Waals surface area contributed by atoms with Gasteiger partial charge in [-0.05, 0) is 57.0 Å². The Morgan fingerprint density at radius 3 is 2.47 bits per heavy atom. The summed E-state index contributed by atoms with van der Waals surface area (Å²) in [5.41, 5.74) is 0.742. The minimum absolute atomic E-state index is 0.226. The van der Waals surface area contributed by atoms with E-state index in [1.165, 1.54) is 18.2 Å². The zero-order valence-corrected chi connectivity index (χ0v) is 17.7. The molecule has 3 aromatic rings. The molecule has 0 aliphatic carbocycles. The van der Waals surface area contributed by atoms with E-state index >= 15 is 0 Å². The van der Waals surface area contributed by atoms with E-state index in [0.717, 1.165) is 23.9 Å². The van der Waals surface area contributed by atoms with Gasteiger partial charge in [-0.25, -0.2) is 4.68 Å². The SMILES string of the molecule is Cc1cc(C)n(-c2ccc(N3CCCC(C(=O)Nc4ccccc4C(F)(F)F)C3)nn2)n1. The molecule has 1 saturated heterocycles. The number of amides is 1. The van der Waals surface area contributed by atoms with Gasteiger partial charge in [0.15, 0.2) is 11.6 Å². The molecule has 1 aromatic carbocycles. The Labute approximate surface area is 183 Å². The molecule has 1 aliphatic heterocycles. The highest BCUT2D eigenvalue weighted by Gasteiger charge is 2.34. The Kier molecular flexibility index (Phi) is 5.86. The number of halogens is 3. The van der Waals surface area contributed by atoms with Gasteiger partial charge < -0.3 is 10.2 Å². The fourth-order valence-electron chi connectivity index (χ4n) is 3.93. The van der Waals surface area contributed by atoms with Gasteiger partial charge in [-0.2, -0.15) is 18.3 Å². The summed E-state index contributed by atoms with van der Waals surface area (Å²) in [6.07, 6.45) is -3.22. The number of nitrogens with one attached hydrogen (secondary N) is 1. The van der Waals surface area contributed by atoms with E-state index in [4.69, 9.17) is 0 Å². The van der Waals surface area contributed by atoms with Crippen LogP contribution in [0.3, 0.4) is 0 Å². The molecule has 1 unspecified atom stereocenters. The van der Waals surface area contributed by atoms with Crippen LogP contribution in [0.1, 0.15) is 29.8 Å². The molecule has 0 saturated carbocycles. The molecule has 1 N–H and O–H groups in total. The first kappa shape index (κ1) is 21.8. The van der Waals surface area contributed by atoms with E-state index in [2.05, 4.69) is 20.6 Å². The number of hydrogen-bond donors (Lipinski definition) is 1. The lowest BCUT2D eigenvalue weighted by molar-refractivity contribution is -0.137. The number of benzene rings is 1. The Morgan fingerprint density at radius 2 is 1.81 bits per heavy atom. The third-order valence-electron chi connectivity index (χ3n) is 5.47. The molecular formula is C22H23F3N6O. The monoisotopic (exact) mass is 444 g/mol. The molecule has 1 aliphatic rings. The summed E-state index contributed by atoms with van der Waals surface area (Å²) in [5.74, 6) is 0.319. The Bertz CT molecular complexity index is 1110. The summed E-state index contributed by atoms with van der Waals surface area (Å²) >= 11 is 0. The van der Waals surface area contributed by atoms with Crippen molar-refractivity contribution >= 4 is 17.4 Å². The Balaban J connectivity index is 1.46. The maximum Gasteiger partial charge on any atom is 0.418 e. The van der Waals surface area contributed by atoms with Crippen LogP contribution in [0.4, 0.5) is 24.7 Å². The predicted octanol–water partition coefficient (Wildman–Crippen LogP) is 4.15. The summed E-state index contributed by atoms with van der Waals surface area (Å²) in [6.45, 7) is 4.88. The first-order chi connectivity index (χ1) is 15.2. The number of para-hydroxylation sites is 1. The van der Waals surface area contributed by atoms with Gasteiger partial charge in [0.25, 0.3) is 0 Å². The molecule has 0 spiro atoms. The van der Waals surface area contributed by atoms with Crippen molar-refractivity contribution in [1.29, 1.82) is 0 Å². The van der Waals surface area contributed by atoms with Crippen LogP contribution in [0.15, 0.2) is 42.5 Å². The number of rotatable bonds is 4. The summed E-state index contributed by atoms with van der Waals surface area (Å²) < 4.78 is 41.4. The lowest BCUT2D eigenvalue weighted by atomic mass is 9.96. The van der Waals surface area contributed by atoms with Gasteiger partial charge in [0.1, 0.15) is 0 Å². The molecule has 0 bridgehead atoms. The largest absolute Gasteiger partial charge is 0.418 e. The summed E-state index contributed by atoms with van der Waals surface area (Å²) in [4.78, 5) is 14.7. The molecule has 10 heteroatoms. The van der Waals surface area contributed by atoms with Crippen LogP contribution in [0.2, 0.25) is 0 Å². The predicted molar refractivity (Wildman–Crippen MR) is 114 cm³/mol. The molecule has 7 nitrogen and oxygen atoms in total. The van der Waals surface area contributed by atoms with Crippen LogP contribution in [-0.4, -0.2) is 39.0 Å². The lowest BCUT2D eigenvalue weighted by Gasteiger charge is -2.32. The van der Waals surface area contributed by atoms with E-state index in [-0.39, 0.29) is 5.69 Å². The topological polar surface area (TPSA) is 75.9 Å². The highest BCUT2D eigenvalue weighted by Crippen LogP contribution is 2.35. The smallest absolute Gasteiger partial charge is 0.354 e. The Hall–Kier alpha value is -3.43. The van der Waals surface area contributed by atoms with Crippen LogP contribution in [-0.2, 0) is 11.0 Å². The molecule has 3 heterocycles. The van der Waals surface area contributed by atoms with Crippen molar-refractivity contribution in [2.75, 3.05) is 23.3 Å². The highest BCUT2D eigenvalue weighted by atomic mass is 19.4. The number of hydrogen-bond acceptors (Lipinski definition) is 5. The zero-order valence-electron chi connectivity index (χ0n) is 17.7. The fraction of sp³-hybridized carbons (Fsp3) is 0.364. The van der Waals surface area contributed by atoms with Crippen molar-refractivity contribution in [2.45, 2.75) is 32.9 Å². The zero-order chi connectivity index (χ0) is 22.9. The second-order valence-electron chi connectivity index (χ2n) is 7.91. The summed E-state index contributed by atoms with van der Waals surface area (Å²) in [6, 6.07) is 10.6. The van der Waals surface area contributed by atoms with Crippen LogP contribution in [0.25, 0.3) is 5.82 Å². The normalized spacial score (nSPS) is 16.8.